The van der Waals surface area contributed by atoms with Crippen molar-refractivity contribution in [1.29, 1.82) is 0 Å². The Morgan fingerprint density at radius 1 is 1.11 bits per heavy atom. The number of rotatable bonds is 2. The molecule has 0 radical (unpaired) electrons. The number of fused-ring (bicyclic) bond motifs is 1. The summed E-state index contributed by atoms with van der Waals surface area (Å²) < 4.78 is 1.50. The van der Waals surface area contributed by atoms with Crippen LogP contribution in [0.4, 0.5) is 11.6 Å². The smallest absolute Gasteiger partial charge is 0.257 e. The van der Waals surface area contributed by atoms with Gasteiger partial charge in [0.1, 0.15) is 5.75 Å². The number of aryl methyl sites for hydroxylation is 2. The van der Waals surface area contributed by atoms with E-state index in [1.807, 2.05) is 31.2 Å². The van der Waals surface area contributed by atoms with Crippen molar-refractivity contribution < 1.29 is 5.11 Å². The molecule has 1 aromatic heterocycles. The second-order valence-electron chi connectivity index (χ2n) is 6.49. The molecule has 0 bridgehead atoms. The maximum absolute atomic E-state index is 12.6. The average molecular weight is 361 g/mol. The summed E-state index contributed by atoms with van der Waals surface area (Å²) in [6, 6.07) is 16.0. The standard InChI is InChI=1S/C20H19N5O2/c1-12-4-3-5-15(10-12)22-19-23-18(14-6-8-16(26)9-7-14)25-17(27)11-13(2)21-20(25)24-19/h3-11,18,26H,1-2H3,(H2,21,22,23,24)/t18-/m1/s1. The number of phenols is 1. The Labute approximate surface area is 156 Å². The lowest BCUT2D eigenvalue weighted by atomic mass is 10.1. The Balaban J connectivity index is 1.80. The highest BCUT2D eigenvalue weighted by molar-refractivity contribution is 6.03. The number of aromatic nitrogens is 2. The first-order chi connectivity index (χ1) is 13.0. The summed E-state index contributed by atoms with van der Waals surface area (Å²) in [5.41, 5.74) is 3.21. The first kappa shape index (κ1) is 16.8. The molecule has 0 aliphatic carbocycles. The topological polar surface area (TPSA) is 91.5 Å². The predicted octanol–water partition coefficient (Wildman–Crippen LogP) is 3.01. The summed E-state index contributed by atoms with van der Waals surface area (Å²) in [6.45, 7) is 3.79. The van der Waals surface area contributed by atoms with E-state index in [0.717, 1.165) is 16.8 Å². The molecule has 1 atom stereocenters. The van der Waals surface area contributed by atoms with E-state index in [4.69, 9.17) is 0 Å². The normalized spacial score (nSPS) is 15.5. The van der Waals surface area contributed by atoms with E-state index in [-0.39, 0.29) is 11.3 Å². The van der Waals surface area contributed by atoms with Crippen LogP contribution in [-0.2, 0) is 0 Å². The largest absolute Gasteiger partial charge is 0.508 e. The molecule has 0 amide bonds. The van der Waals surface area contributed by atoms with Gasteiger partial charge in [-0.15, -0.1) is 0 Å². The highest BCUT2D eigenvalue weighted by Gasteiger charge is 2.25. The molecule has 3 N–H and O–H groups in total. The molecule has 0 spiro atoms. The van der Waals surface area contributed by atoms with Crippen LogP contribution in [0.3, 0.4) is 0 Å². The van der Waals surface area contributed by atoms with Gasteiger partial charge in [0.25, 0.3) is 5.56 Å². The number of aromatic hydroxyl groups is 1. The quantitative estimate of drug-likeness (QED) is 0.653. The zero-order chi connectivity index (χ0) is 19.0. The van der Waals surface area contributed by atoms with Crippen LogP contribution in [0.5, 0.6) is 5.75 Å². The number of anilines is 2. The molecule has 4 rings (SSSR count). The molecule has 1 aliphatic heterocycles. The van der Waals surface area contributed by atoms with E-state index in [0.29, 0.717) is 17.6 Å². The van der Waals surface area contributed by atoms with Crippen molar-refractivity contribution in [2.24, 2.45) is 4.99 Å². The van der Waals surface area contributed by atoms with Crippen LogP contribution in [0.25, 0.3) is 0 Å². The van der Waals surface area contributed by atoms with Crippen LogP contribution in [0.2, 0.25) is 0 Å². The van der Waals surface area contributed by atoms with Crippen LogP contribution in [0.15, 0.2) is 64.4 Å². The average Bonchev–Trinajstić information content (AvgIpc) is 2.61. The Hall–Kier alpha value is -3.61. The lowest BCUT2D eigenvalue weighted by Crippen LogP contribution is -2.37. The highest BCUT2D eigenvalue weighted by atomic mass is 16.3. The number of nitrogens with zero attached hydrogens (tertiary/aromatic N) is 3. The zero-order valence-corrected chi connectivity index (χ0v) is 15.0. The summed E-state index contributed by atoms with van der Waals surface area (Å²) >= 11 is 0. The number of nitrogens with one attached hydrogen (secondary N) is 2. The molecule has 0 fully saturated rings. The predicted molar refractivity (Wildman–Crippen MR) is 105 cm³/mol. The number of hydrogen-bond donors (Lipinski definition) is 3. The molecule has 136 valence electrons. The summed E-state index contributed by atoms with van der Waals surface area (Å²) in [4.78, 5) is 21.7. The molecule has 7 nitrogen and oxygen atoms in total. The number of guanidine groups is 1. The summed E-state index contributed by atoms with van der Waals surface area (Å²) in [7, 11) is 0. The molecule has 2 aromatic carbocycles. The molecular weight excluding hydrogens is 342 g/mol. The lowest BCUT2D eigenvalue weighted by molar-refractivity contribution is 0.474. The van der Waals surface area contributed by atoms with E-state index >= 15 is 0 Å². The van der Waals surface area contributed by atoms with Crippen molar-refractivity contribution in [1.82, 2.24) is 9.55 Å². The van der Waals surface area contributed by atoms with Gasteiger partial charge in [-0.25, -0.2) is 9.98 Å². The minimum Gasteiger partial charge on any atom is -0.508 e. The van der Waals surface area contributed by atoms with Gasteiger partial charge in [0.2, 0.25) is 11.9 Å². The third-order valence-electron chi connectivity index (χ3n) is 4.28. The van der Waals surface area contributed by atoms with Crippen molar-refractivity contribution in [3.63, 3.8) is 0 Å². The SMILES string of the molecule is Cc1cccc(NC2=N[C@@H](c3ccc(O)cc3)n3c(nc(C)cc3=O)N2)c1. The van der Waals surface area contributed by atoms with E-state index in [2.05, 4.69) is 20.6 Å². The van der Waals surface area contributed by atoms with Crippen LogP contribution in [0.1, 0.15) is 23.0 Å². The Morgan fingerprint density at radius 3 is 2.63 bits per heavy atom. The summed E-state index contributed by atoms with van der Waals surface area (Å²) in [6.07, 6.45) is -0.588. The van der Waals surface area contributed by atoms with Crippen LogP contribution < -0.4 is 16.2 Å². The maximum Gasteiger partial charge on any atom is 0.257 e. The molecule has 27 heavy (non-hydrogen) atoms. The van der Waals surface area contributed by atoms with E-state index in [9.17, 15) is 9.90 Å². The van der Waals surface area contributed by atoms with Crippen molar-refractivity contribution in [2.45, 2.75) is 20.0 Å². The zero-order valence-electron chi connectivity index (χ0n) is 15.0. The van der Waals surface area contributed by atoms with Gasteiger partial charge in [0.15, 0.2) is 6.17 Å². The molecular formula is C20H19N5O2. The van der Waals surface area contributed by atoms with E-state index < -0.39 is 6.17 Å². The third kappa shape index (κ3) is 3.39. The Morgan fingerprint density at radius 2 is 1.89 bits per heavy atom. The fourth-order valence-electron chi connectivity index (χ4n) is 3.04. The Kier molecular flexibility index (Phi) is 4.12. The first-order valence-electron chi connectivity index (χ1n) is 8.57. The van der Waals surface area contributed by atoms with Crippen LogP contribution in [-0.4, -0.2) is 20.6 Å². The fraction of sp³-hybridized carbons (Fsp3) is 0.150. The molecule has 1 aliphatic rings. The highest BCUT2D eigenvalue weighted by Crippen LogP contribution is 2.27. The number of hydrogen-bond acceptors (Lipinski definition) is 6. The van der Waals surface area contributed by atoms with Gasteiger partial charge in [0, 0.05) is 17.4 Å². The van der Waals surface area contributed by atoms with Crippen LogP contribution >= 0.6 is 0 Å². The molecule has 0 unspecified atom stereocenters. The number of aliphatic imine (C=N–C) groups is 1. The van der Waals surface area contributed by atoms with Gasteiger partial charge in [-0.1, -0.05) is 24.3 Å². The van der Waals surface area contributed by atoms with Crippen molar-refractivity contribution >= 4 is 17.6 Å². The maximum atomic E-state index is 12.6. The minimum absolute atomic E-state index is 0.157. The molecule has 3 aromatic rings. The second-order valence-corrected chi connectivity index (χ2v) is 6.49. The third-order valence-corrected chi connectivity index (χ3v) is 4.28. The number of phenolic OH excluding ortho intramolecular Hbond substituents is 1. The van der Waals surface area contributed by atoms with Gasteiger partial charge < -0.3 is 10.4 Å². The van der Waals surface area contributed by atoms with Gasteiger partial charge in [-0.05, 0) is 49.2 Å². The Bertz CT molecular complexity index is 1090. The molecule has 2 heterocycles. The lowest BCUT2D eigenvalue weighted by Gasteiger charge is -2.27. The fourth-order valence-corrected chi connectivity index (χ4v) is 3.04. The van der Waals surface area contributed by atoms with Gasteiger partial charge in [-0.2, -0.15) is 0 Å². The molecule has 0 saturated heterocycles. The monoisotopic (exact) mass is 361 g/mol. The summed E-state index contributed by atoms with van der Waals surface area (Å²) in [5.74, 6) is 1.07. The molecule has 0 saturated carbocycles. The van der Waals surface area contributed by atoms with Gasteiger partial charge in [0.05, 0.1) is 0 Å². The van der Waals surface area contributed by atoms with Gasteiger partial charge in [-0.3, -0.25) is 14.7 Å². The minimum atomic E-state index is -0.588. The van der Waals surface area contributed by atoms with Crippen molar-refractivity contribution in [3.05, 3.63) is 81.8 Å². The van der Waals surface area contributed by atoms with Crippen LogP contribution in [0, 0.1) is 13.8 Å². The van der Waals surface area contributed by atoms with Crippen molar-refractivity contribution in [3.8, 4) is 5.75 Å². The number of benzene rings is 2. The van der Waals surface area contributed by atoms with E-state index in [1.54, 1.807) is 31.2 Å². The summed E-state index contributed by atoms with van der Waals surface area (Å²) in [5, 5.41) is 15.9. The first-order valence-corrected chi connectivity index (χ1v) is 8.57. The second kappa shape index (κ2) is 6.60. The van der Waals surface area contributed by atoms with Crippen molar-refractivity contribution in [2.75, 3.05) is 10.6 Å². The van der Waals surface area contributed by atoms with E-state index in [1.165, 1.54) is 10.6 Å². The molecule has 7 heteroatoms. The van der Waals surface area contributed by atoms with Gasteiger partial charge >= 0.3 is 0 Å².